The summed E-state index contributed by atoms with van der Waals surface area (Å²) in [6.07, 6.45) is 3.86. The second kappa shape index (κ2) is 9.82. The van der Waals surface area contributed by atoms with Gasteiger partial charge in [-0.3, -0.25) is 9.59 Å². The van der Waals surface area contributed by atoms with Crippen molar-refractivity contribution in [1.82, 2.24) is 19.5 Å². The number of carbonyl (C=O) groups excluding carboxylic acids is 2. The highest BCUT2D eigenvalue weighted by molar-refractivity contribution is 6.03. The van der Waals surface area contributed by atoms with Crippen molar-refractivity contribution in [2.24, 2.45) is 5.92 Å². The minimum Gasteiger partial charge on any atom is -0.390 e. The van der Waals surface area contributed by atoms with Crippen LogP contribution >= 0.6 is 0 Å². The first-order valence-corrected chi connectivity index (χ1v) is 12.6. The Labute approximate surface area is 215 Å². The lowest BCUT2D eigenvalue weighted by atomic mass is 9.97. The fourth-order valence-electron chi connectivity index (χ4n) is 5.36. The molecule has 192 valence electrons. The number of anilines is 2. The number of fused-ring (bicyclic) bond motifs is 1. The van der Waals surface area contributed by atoms with E-state index >= 15 is 0 Å². The average molecular weight is 502 g/mol. The molecule has 0 saturated carbocycles. The molecule has 4 heterocycles. The minimum atomic E-state index is -0.700. The Balaban J connectivity index is 1.47. The molecule has 0 radical (unpaired) electrons. The highest BCUT2D eigenvalue weighted by Gasteiger charge is 2.34. The summed E-state index contributed by atoms with van der Waals surface area (Å²) in [6.45, 7) is 6.69. The van der Waals surface area contributed by atoms with Crippen LogP contribution in [0.2, 0.25) is 0 Å². The van der Waals surface area contributed by atoms with Crippen molar-refractivity contribution >= 4 is 29.0 Å². The molecule has 5 rings (SSSR count). The lowest BCUT2D eigenvalue weighted by Crippen LogP contribution is -2.39. The van der Waals surface area contributed by atoms with Crippen molar-refractivity contribution < 1.29 is 14.7 Å². The number of benzene rings is 1. The summed E-state index contributed by atoms with van der Waals surface area (Å²) in [7, 11) is 0. The van der Waals surface area contributed by atoms with Crippen molar-refractivity contribution in [2.75, 3.05) is 29.9 Å². The normalized spacial score (nSPS) is 21.8. The lowest BCUT2D eigenvalue weighted by molar-refractivity contribution is -0.114. The fraction of sp³-hybridized carbons (Fsp3) is 0.444. The number of amides is 2. The number of aryl methyl sites for hydroxylation is 2. The number of aliphatic hydroxyl groups is 1. The Hall–Kier alpha value is -3.97. The summed E-state index contributed by atoms with van der Waals surface area (Å²) < 4.78 is 1.73. The molecule has 0 bridgehead atoms. The zero-order valence-electron chi connectivity index (χ0n) is 21.3. The van der Waals surface area contributed by atoms with Crippen molar-refractivity contribution in [3.63, 3.8) is 0 Å². The molecule has 37 heavy (non-hydrogen) atoms. The van der Waals surface area contributed by atoms with Gasteiger partial charge in [-0.1, -0.05) is 11.6 Å². The largest absolute Gasteiger partial charge is 0.390 e. The van der Waals surface area contributed by atoms with Gasteiger partial charge in [0.25, 0.3) is 5.91 Å². The number of piperidine rings is 1. The molecule has 1 aromatic carbocycles. The second-order valence-electron chi connectivity index (χ2n) is 10.1. The number of nitrogens with zero attached hydrogens (tertiary/aromatic N) is 6. The van der Waals surface area contributed by atoms with E-state index in [1.54, 1.807) is 10.6 Å². The van der Waals surface area contributed by atoms with Crippen LogP contribution in [0.3, 0.4) is 0 Å². The van der Waals surface area contributed by atoms with Gasteiger partial charge in [-0.2, -0.15) is 10.4 Å². The van der Waals surface area contributed by atoms with Crippen LogP contribution in [-0.4, -0.2) is 62.2 Å². The van der Waals surface area contributed by atoms with Crippen LogP contribution in [0.1, 0.15) is 59.4 Å². The Morgan fingerprint density at radius 3 is 2.73 bits per heavy atom. The Bertz CT molecular complexity index is 1410. The Morgan fingerprint density at radius 1 is 1.19 bits per heavy atom. The Kier molecular flexibility index (Phi) is 6.56. The highest BCUT2D eigenvalue weighted by atomic mass is 16.3. The first kappa shape index (κ1) is 24.7. The van der Waals surface area contributed by atoms with Crippen LogP contribution in [0.25, 0.3) is 5.65 Å². The molecule has 10 nitrogen and oxygen atoms in total. The van der Waals surface area contributed by atoms with Gasteiger partial charge >= 0.3 is 0 Å². The SMILES string of the molecule is CC(=O)Nc1ccc(C)cc1C(=O)N1CCCC[C@H]1c1cc2nc(N3C[C@@H](C#N)[C@@H](O)C3)c(C)cn2n1. The number of aliphatic hydroxyl groups excluding tert-OH is 1. The molecule has 2 aliphatic rings. The standard InChI is InChI=1S/C27H31N7O3/c1-16-7-8-21(29-18(3)35)20(10-16)27(37)33-9-5-4-6-23(33)22-11-25-30-26(17(2)13-34(25)31-22)32-14-19(12-28)24(36)15-32/h7-8,10-11,13,19,23-24,36H,4-6,9,14-15H2,1-3H3,(H,29,35)/t19-,23+,24+/m1/s1. The van der Waals surface area contributed by atoms with Crippen LogP contribution in [0.4, 0.5) is 11.5 Å². The molecule has 2 aromatic heterocycles. The van der Waals surface area contributed by atoms with Gasteiger partial charge in [0, 0.05) is 44.4 Å². The smallest absolute Gasteiger partial charge is 0.256 e. The third kappa shape index (κ3) is 4.74. The predicted molar refractivity (Wildman–Crippen MR) is 138 cm³/mol. The number of carbonyl (C=O) groups is 2. The molecule has 2 N–H and O–H groups in total. The quantitative estimate of drug-likeness (QED) is 0.563. The van der Waals surface area contributed by atoms with E-state index in [1.807, 2.05) is 48.0 Å². The van der Waals surface area contributed by atoms with Gasteiger partial charge in [0.1, 0.15) is 5.82 Å². The summed E-state index contributed by atoms with van der Waals surface area (Å²) in [6, 6.07) is 9.33. The highest BCUT2D eigenvalue weighted by Crippen LogP contribution is 2.34. The van der Waals surface area contributed by atoms with Gasteiger partial charge in [-0.15, -0.1) is 0 Å². The number of rotatable bonds is 4. The Morgan fingerprint density at radius 2 is 2.00 bits per heavy atom. The second-order valence-corrected chi connectivity index (χ2v) is 10.1. The summed E-state index contributed by atoms with van der Waals surface area (Å²) in [5, 5.41) is 27.1. The topological polar surface area (TPSA) is 127 Å². The van der Waals surface area contributed by atoms with Gasteiger partial charge < -0.3 is 20.2 Å². The van der Waals surface area contributed by atoms with Crippen molar-refractivity contribution in [1.29, 1.82) is 5.26 Å². The zero-order valence-corrected chi connectivity index (χ0v) is 21.3. The minimum absolute atomic E-state index is 0.132. The molecule has 0 unspecified atom stereocenters. The van der Waals surface area contributed by atoms with Crippen LogP contribution in [0.5, 0.6) is 0 Å². The number of nitrogens with one attached hydrogen (secondary N) is 1. The van der Waals surface area contributed by atoms with Crippen LogP contribution in [0, 0.1) is 31.1 Å². The summed E-state index contributed by atoms with van der Waals surface area (Å²) >= 11 is 0. The van der Waals surface area contributed by atoms with Gasteiger partial charge in [0.15, 0.2) is 5.65 Å². The van der Waals surface area contributed by atoms with Crippen molar-refractivity contribution in [2.45, 2.75) is 52.2 Å². The van der Waals surface area contributed by atoms with E-state index < -0.39 is 12.0 Å². The summed E-state index contributed by atoms with van der Waals surface area (Å²) in [4.78, 5) is 34.2. The molecule has 2 fully saturated rings. The van der Waals surface area contributed by atoms with Gasteiger partial charge in [0.2, 0.25) is 5.91 Å². The molecular weight excluding hydrogens is 470 g/mol. The van der Waals surface area contributed by atoms with Crippen LogP contribution in [-0.2, 0) is 4.79 Å². The molecule has 2 amide bonds. The third-order valence-electron chi connectivity index (χ3n) is 7.20. The molecule has 2 aliphatic heterocycles. The average Bonchev–Trinajstić information content (AvgIpc) is 3.46. The number of likely N-dealkylation sites (tertiary alicyclic amines) is 1. The summed E-state index contributed by atoms with van der Waals surface area (Å²) in [5.74, 6) is -0.0688. The van der Waals surface area contributed by atoms with E-state index in [0.717, 1.165) is 41.9 Å². The third-order valence-corrected chi connectivity index (χ3v) is 7.20. The molecular formula is C27H31N7O3. The van der Waals surface area contributed by atoms with E-state index in [4.69, 9.17) is 10.1 Å². The van der Waals surface area contributed by atoms with Crippen molar-refractivity contribution in [3.8, 4) is 6.07 Å². The maximum absolute atomic E-state index is 13.8. The molecule has 0 spiro atoms. The summed E-state index contributed by atoms with van der Waals surface area (Å²) in [5.41, 5.74) is 4.23. The fourth-order valence-corrected chi connectivity index (χ4v) is 5.36. The number of hydrogen-bond donors (Lipinski definition) is 2. The monoisotopic (exact) mass is 501 g/mol. The van der Waals surface area contributed by atoms with E-state index in [1.165, 1.54) is 6.92 Å². The molecule has 10 heteroatoms. The molecule has 2 saturated heterocycles. The maximum atomic E-state index is 13.8. The number of nitriles is 1. The first-order valence-electron chi connectivity index (χ1n) is 12.6. The van der Waals surface area contributed by atoms with Gasteiger partial charge in [-0.05, 0) is 45.2 Å². The molecule has 3 aromatic rings. The van der Waals surface area contributed by atoms with Gasteiger partial charge in [0.05, 0.1) is 41.1 Å². The molecule has 3 atom stereocenters. The van der Waals surface area contributed by atoms with E-state index in [-0.39, 0.29) is 17.9 Å². The van der Waals surface area contributed by atoms with Crippen LogP contribution < -0.4 is 10.2 Å². The van der Waals surface area contributed by atoms with Gasteiger partial charge in [-0.25, -0.2) is 9.50 Å². The van der Waals surface area contributed by atoms with Crippen LogP contribution in [0.15, 0.2) is 30.5 Å². The number of hydrogen-bond acceptors (Lipinski definition) is 7. The van der Waals surface area contributed by atoms with Crippen molar-refractivity contribution in [3.05, 3.63) is 52.8 Å². The predicted octanol–water partition coefficient (Wildman–Crippen LogP) is 2.99. The van der Waals surface area contributed by atoms with E-state index in [9.17, 15) is 20.0 Å². The maximum Gasteiger partial charge on any atom is 0.256 e. The van der Waals surface area contributed by atoms with E-state index in [2.05, 4.69) is 11.4 Å². The first-order chi connectivity index (χ1) is 17.7. The van der Waals surface area contributed by atoms with E-state index in [0.29, 0.717) is 36.5 Å². The molecule has 0 aliphatic carbocycles. The lowest BCUT2D eigenvalue weighted by Gasteiger charge is -2.35. The number of aromatic nitrogens is 3. The number of β-amino-alcohol motifs (C(OH)–C–C–N with tert-alkyl or cyclic N) is 1. The zero-order chi connectivity index (χ0) is 26.3.